The zero-order valence-electron chi connectivity index (χ0n) is 16.3. The second-order valence-electron chi connectivity index (χ2n) is 7.77. The second kappa shape index (κ2) is 5.99. The van der Waals surface area contributed by atoms with Gasteiger partial charge in [0.15, 0.2) is 0 Å². The fraction of sp³-hybridized carbons (Fsp3) is 0.167. The van der Waals surface area contributed by atoms with E-state index in [1.807, 2.05) is 50.2 Å². The summed E-state index contributed by atoms with van der Waals surface area (Å²) in [4.78, 5) is 0. The molecule has 4 aromatic rings. The molecule has 0 radical (unpaired) electrons. The highest BCUT2D eigenvalue weighted by Crippen LogP contribution is 2.47. The van der Waals surface area contributed by atoms with Gasteiger partial charge in [0.05, 0.1) is 11.5 Å². The van der Waals surface area contributed by atoms with Crippen LogP contribution in [0.3, 0.4) is 0 Å². The fourth-order valence-corrected chi connectivity index (χ4v) is 4.71. The van der Waals surface area contributed by atoms with Crippen molar-refractivity contribution in [3.8, 4) is 11.5 Å². The Hall–Kier alpha value is -3.02. The molecule has 0 N–H and O–H groups in total. The first kappa shape index (κ1) is 16.9. The minimum atomic E-state index is -2.39. The third-order valence-corrected chi connectivity index (χ3v) is 5.96. The number of hydrogen-bond acceptors (Lipinski definition) is 4. The first-order valence-corrected chi connectivity index (χ1v) is 10.0. The molecule has 6 rings (SSSR count). The van der Waals surface area contributed by atoms with Gasteiger partial charge in [-0.15, -0.1) is 0 Å². The lowest BCUT2D eigenvalue weighted by Gasteiger charge is -2.52. The topological polar surface area (TPSA) is 36.9 Å². The molecule has 2 atom stereocenters. The van der Waals surface area contributed by atoms with E-state index in [1.165, 1.54) is 0 Å². The molecule has 0 saturated heterocycles. The Morgan fingerprint density at radius 2 is 1.03 bits per heavy atom. The maximum absolute atomic E-state index is 6.28. The van der Waals surface area contributed by atoms with E-state index >= 15 is 0 Å². The van der Waals surface area contributed by atoms with Crippen molar-refractivity contribution in [2.75, 3.05) is 0 Å². The lowest BCUT2D eigenvalue weighted by atomic mass is 9.89. The van der Waals surface area contributed by atoms with Crippen LogP contribution in [0.4, 0.5) is 0 Å². The summed E-state index contributed by atoms with van der Waals surface area (Å²) in [7, 11) is 0. The molecule has 0 fully saturated rings. The van der Waals surface area contributed by atoms with Crippen LogP contribution in [-0.2, 0) is 9.31 Å². The van der Waals surface area contributed by atoms with E-state index < -0.39 is 6.96 Å². The van der Waals surface area contributed by atoms with Crippen LogP contribution < -0.4 is 9.31 Å². The molecular formula is C24H20BO4-. The van der Waals surface area contributed by atoms with Crippen molar-refractivity contribution < 1.29 is 18.6 Å². The molecule has 2 heterocycles. The molecule has 2 aliphatic heterocycles. The van der Waals surface area contributed by atoms with Crippen LogP contribution in [0.25, 0.3) is 21.5 Å². The Bertz CT molecular complexity index is 1170. The quantitative estimate of drug-likeness (QED) is 0.346. The lowest BCUT2D eigenvalue weighted by Crippen LogP contribution is -2.59. The van der Waals surface area contributed by atoms with E-state index in [2.05, 4.69) is 36.4 Å². The molecule has 0 aliphatic carbocycles. The summed E-state index contributed by atoms with van der Waals surface area (Å²) < 4.78 is 25.1. The SMILES string of the molecule is CC1O[B-]2(Oc3ccc4ccccc4c31)Oc1ccc3ccccc3c1C(C)O2. The van der Waals surface area contributed by atoms with E-state index in [4.69, 9.17) is 18.6 Å². The smallest absolute Gasteiger partial charge is 0.634 e. The van der Waals surface area contributed by atoms with Gasteiger partial charge in [0.2, 0.25) is 0 Å². The Kier molecular flexibility index (Phi) is 3.49. The molecule has 1 spiro atoms. The highest BCUT2D eigenvalue weighted by atomic mass is 16.9. The van der Waals surface area contributed by atoms with Crippen LogP contribution in [0.15, 0.2) is 72.8 Å². The minimum absolute atomic E-state index is 0.223. The summed E-state index contributed by atoms with van der Waals surface area (Å²) in [6.07, 6.45) is -0.446. The Morgan fingerprint density at radius 3 is 1.52 bits per heavy atom. The standard InChI is InChI=1S/C24H20BO4/c1-15-23-19-9-5-3-7-17(19)11-13-21(23)28-25(26-15)27-16(2)24-20-10-6-4-8-18(20)12-14-22(24)29-25/h3-16H,1-2H3/q-1. The van der Waals surface area contributed by atoms with E-state index in [1.54, 1.807) is 0 Å². The van der Waals surface area contributed by atoms with Gasteiger partial charge in [-0.25, -0.2) is 0 Å². The summed E-state index contributed by atoms with van der Waals surface area (Å²) in [5.41, 5.74) is 2.06. The van der Waals surface area contributed by atoms with Crippen molar-refractivity contribution in [2.24, 2.45) is 0 Å². The maximum Gasteiger partial charge on any atom is 0.653 e. The van der Waals surface area contributed by atoms with Crippen LogP contribution in [0.5, 0.6) is 11.5 Å². The van der Waals surface area contributed by atoms with Crippen molar-refractivity contribution in [3.05, 3.63) is 83.9 Å². The lowest BCUT2D eigenvalue weighted by molar-refractivity contribution is -0.0330. The highest BCUT2D eigenvalue weighted by Gasteiger charge is 2.48. The number of rotatable bonds is 0. The van der Waals surface area contributed by atoms with Crippen LogP contribution in [-0.4, -0.2) is 6.96 Å². The van der Waals surface area contributed by atoms with Gasteiger partial charge >= 0.3 is 6.96 Å². The first-order valence-electron chi connectivity index (χ1n) is 10.0. The molecule has 5 heteroatoms. The maximum atomic E-state index is 6.28. The van der Waals surface area contributed by atoms with E-state index in [0.717, 1.165) is 44.2 Å². The number of fused-ring (bicyclic) bond motifs is 6. The average Bonchev–Trinajstić information content (AvgIpc) is 2.72. The fourth-order valence-electron chi connectivity index (χ4n) is 4.71. The Morgan fingerprint density at radius 1 is 0.586 bits per heavy atom. The van der Waals surface area contributed by atoms with Gasteiger partial charge in [-0.2, -0.15) is 0 Å². The normalized spacial score (nSPS) is 25.3. The van der Waals surface area contributed by atoms with Gasteiger partial charge < -0.3 is 18.6 Å². The van der Waals surface area contributed by atoms with Crippen molar-refractivity contribution in [3.63, 3.8) is 0 Å². The van der Waals surface area contributed by atoms with E-state index in [0.29, 0.717) is 0 Å². The predicted octanol–water partition coefficient (Wildman–Crippen LogP) is 6.07. The Balaban J connectivity index is 1.46. The van der Waals surface area contributed by atoms with Crippen LogP contribution >= 0.6 is 0 Å². The van der Waals surface area contributed by atoms with Crippen molar-refractivity contribution in [2.45, 2.75) is 26.1 Å². The van der Waals surface area contributed by atoms with Crippen molar-refractivity contribution in [1.29, 1.82) is 0 Å². The molecule has 4 aromatic carbocycles. The van der Waals surface area contributed by atoms with Crippen LogP contribution in [0.2, 0.25) is 0 Å². The number of hydrogen-bond donors (Lipinski definition) is 0. The molecule has 2 aliphatic rings. The monoisotopic (exact) mass is 383 g/mol. The minimum Gasteiger partial charge on any atom is -0.634 e. The molecule has 4 nitrogen and oxygen atoms in total. The van der Waals surface area contributed by atoms with Gasteiger partial charge in [0, 0.05) is 23.3 Å². The number of benzene rings is 4. The molecule has 29 heavy (non-hydrogen) atoms. The van der Waals surface area contributed by atoms with Gasteiger partial charge in [-0.1, -0.05) is 60.7 Å². The average molecular weight is 383 g/mol. The molecule has 0 amide bonds. The third kappa shape index (κ3) is 2.48. The molecule has 144 valence electrons. The van der Waals surface area contributed by atoms with E-state index in [-0.39, 0.29) is 12.2 Å². The van der Waals surface area contributed by atoms with Gasteiger partial charge in [0.25, 0.3) is 0 Å². The molecule has 0 aromatic heterocycles. The third-order valence-electron chi connectivity index (χ3n) is 5.96. The van der Waals surface area contributed by atoms with E-state index in [9.17, 15) is 0 Å². The molecule has 0 saturated carbocycles. The van der Waals surface area contributed by atoms with Crippen molar-refractivity contribution >= 4 is 28.5 Å². The molecule has 0 bridgehead atoms. The summed E-state index contributed by atoms with van der Waals surface area (Å²) in [6.45, 7) is 1.64. The highest BCUT2D eigenvalue weighted by molar-refractivity contribution is 6.56. The Labute approximate surface area is 169 Å². The molecule has 2 unspecified atom stereocenters. The first-order chi connectivity index (χ1) is 14.1. The second-order valence-corrected chi connectivity index (χ2v) is 7.77. The summed E-state index contributed by atoms with van der Waals surface area (Å²) in [5.74, 6) is 1.50. The summed E-state index contributed by atoms with van der Waals surface area (Å²) >= 11 is 0. The molecular weight excluding hydrogens is 363 g/mol. The summed E-state index contributed by atoms with van der Waals surface area (Å²) in [5, 5.41) is 4.56. The van der Waals surface area contributed by atoms with Crippen molar-refractivity contribution in [1.82, 2.24) is 0 Å². The van der Waals surface area contributed by atoms with Gasteiger partial charge in [-0.05, 0) is 47.5 Å². The van der Waals surface area contributed by atoms with Gasteiger partial charge in [-0.3, -0.25) is 0 Å². The largest absolute Gasteiger partial charge is 0.653 e. The zero-order chi connectivity index (χ0) is 19.6. The predicted molar refractivity (Wildman–Crippen MR) is 114 cm³/mol. The zero-order valence-corrected chi connectivity index (χ0v) is 16.3. The van der Waals surface area contributed by atoms with Crippen LogP contribution in [0.1, 0.15) is 37.2 Å². The summed E-state index contributed by atoms with van der Waals surface area (Å²) in [6, 6.07) is 24.6. The van der Waals surface area contributed by atoms with Gasteiger partial charge in [0.1, 0.15) is 0 Å². The van der Waals surface area contributed by atoms with Crippen LogP contribution in [0, 0.1) is 0 Å².